The van der Waals surface area contributed by atoms with Crippen molar-refractivity contribution in [3.05, 3.63) is 53.1 Å². The Hall–Kier alpha value is -2.47. The van der Waals surface area contributed by atoms with Gasteiger partial charge >= 0.3 is 0 Å². The van der Waals surface area contributed by atoms with Crippen molar-refractivity contribution in [3.8, 4) is 6.07 Å². The summed E-state index contributed by atoms with van der Waals surface area (Å²) in [5.41, 5.74) is 11.0. The number of nitriles is 1. The van der Waals surface area contributed by atoms with Gasteiger partial charge in [-0.25, -0.2) is 0 Å². The smallest absolute Gasteiger partial charge is 0.101 e. The van der Waals surface area contributed by atoms with Gasteiger partial charge < -0.3 is 11.1 Å². The summed E-state index contributed by atoms with van der Waals surface area (Å²) >= 11 is 0. The third kappa shape index (κ3) is 2.44. The first-order chi connectivity index (χ1) is 8.60. The van der Waals surface area contributed by atoms with Crippen LogP contribution in [0.15, 0.2) is 36.4 Å². The molecule has 0 bridgehead atoms. The van der Waals surface area contributed by atoms with E-state index >= 15 is 0 Å². The van der Waals surface area contributed by atoms with E-state index in [1.54, 1.807) is 12.1 Å². The molecule has 0 unspecified atom stereocenters. The fourth-order valence-corrected chi connectivity index (χ4v) is 1.72. The normalized spacial score (nSPS) is 9.83. The van der Waals surface area contributed by atoms with Crippen LogP contribution in [0.5, 0.6) is 0 Å². The number of hydrogen-bond acceptors (Lipinski definition) is 3. The first kappa shape index (κ1) is 12.0. The molecular formula is C15H15N3. The highest BCUT2D eigenvalue weighted by molar-refractivity contribution is 5.67. The number of anilines is 3. The molecule has 18 heavy (non-hydrogen) atoms. The fourth-order valence-electron chi connectivity index (χ4n) is 1.72. The molecule has 0 aromatic heterocycles. The summed E-state index contributed by atoms with van der Waals surface area (Å²) in [5.74, 6) is 0. The average molecular weight is 237 g/mol. The van der Waals surface area contributed by atoms with Crippen LogP contribution >= 0.6 is 0 Å². The molecule has 2 aromatic carbocycles. The SMILES string of the molecule is Cc1ccc(Nc2ccc(N)c(C#N)c2)cc1C. The van der Waals surface area contributed by atoms with Crippen molar-refractivity contribution in [2.24, 2.45) is 0 Å². The number of benzene rings is 2. The van der Waals surface area contributed by atoms with E-state index in [9.17, 15) is 0 Å². The molecule has 0 aliphatic heterocycles. The molecule has 0 aliphatic rings. The van der Waals surface area contributed by atoms with Gasteiger partial charge in [0.1, 0.15) is 6.07 Å². The first-order valence-electron chi connectivity index (χ1n) is 5.74. The second-order valence-electron chi connectivity index (χ2n) is 4.34. The van der Waals surface area contributed by atoms with Crippen molar-refractivity contribution >= 4 is 17.1 Å². The maximum Gasteiger partial charge on any atom is 0.101 e. The van der Waals surface area contributed by atoms with Crippen LogP contribution in [0.1, 0.15) is 16.7 Å². The van der Waals surface area contributed by atoms with Gasteiger partial charge in [0, 0.05) is 17.1 Å². The van der Waals surface area contributed by atoms with E-state index in [-0.39, 0.29) is 0 Å². The third-order valence-electron chi connectivity index (χ3n) is 2.97. The Morgan fingerprint density at radius 1 is 1.00 bits per heavy atom. The Bertz CT molecular complexity index is 624. The van der Waals surface area contributed by atoms with Crippen LogP contribution in [0.3, 0.4) is 0 Å². The Morgan fingerprint density at radius 3 is 2.33 bits per heavy atom. The molecule has 0 heterocycles. The van der Waals surface area contributed by atoms with Gasteiger partial charge in [0.15, 0.2) is 0 Å². The predicted molar refractivity (Wildman–Crippen MR) is 74.8 cm³/mol. The molecule has 2 aromatic rings. The number of aryl methyl sites for hydroxylation is 2. The van der Waals surface area contributed by atoms with Crippen molar-refractivity contribution < 1.29 is 0 Å². The Balaban J connectivity index is 2.29. The van der Waals surface area contributed by atoms with Gasteiger partial charge in [-0.05, 0) is 55.3 Å². The van der Waals surface area contributed by atoms with Crippen molar-refractivity contribution in [2.45, 2.75) is 13.8 Å². The second kappa shape index (κ2) is 4.80. The van der Waals surface area contributed by atoms with Gasteiger partial charge in [0.2, 0.25) is 0 Å². The summed E-state index contributed by atoms with van der Waals surface area (Å²) in [6.45, 7) is 4.15. The molecule has 0 atom stereocenters. The van der Waals surface area contributed by atoms with Gasteiger partial charge in [0.25, 0.3) is 0 Å². The Morgan fingerprint density at radius 2 is 1.67 bits per heavy atom. The zero-order valence-electron chi connectivity index (χ0n) is 10.5. The van der Waals surface area contributed by atoms with E-state index in [0.29, 0.717) is 11.3 Å². The largest absolute Gasteiger partial charge is 0.398 e. The molecule has 0 radical (unpaired) electrons. The molecule has 0 fully saturated rings. The van der Waals surface area contributed by atoms with Gasteiger partial charge in [0.05, 0.1) is 5.56 Å². The standard InChI is InChI=1S/C15H15N3/c1-10-3-4-13(7-11(10)2)18-14-5-6-15(17)12(8-14)9-16/h3-8,18H,17H2,1-2H3. The van der Waals surface area contributed by atoms with Crippen molar-refractivity contribution in [3.63, 3.8) is 0 Å². The van der Waals surface area contributed by atoms with Crippen LogP contribution in [0, 0.1) is 25.2 Å². The zero-order valence-corrected chi connectivity index (χ0v) is 10.5. The minimum atomic E-state index is 0.490. The highest BCUT2D eigenvalue weighted by Gasteiger charge is 2.01. The number of rotatable bonds is 2. The minimum absolute atomic E-state index is 0.490. The van der Waals surface area contributed by atoms with E-state index in [1.807, 2.05) is 12.1 Å². The topological polar surface area (TPSA) is 61.8 Å². The molecule has 2 rings (SSSR count). The molecule has 0 saturated heterocycles. The molecule has 90 valence electrons. The number of nitrogens with two attached hydrogens (primary N) is 1. The van der Waals surface area contributed by atoms with Crippen molar-refractivity contribution in [1.29, 1.82) is 5.26 Å². The van der Waals surface area contributed by atoms with E-state index in [2.05, 4.69) is 37.4 Å². The lowest BCUT2D eigenvalue weighted by Gasteiger charge is -2.09. The fraction of sp³-hybridized carbons (Fsp3) is 0.133. The third-order valence-corrected chi connectivity index (χ3v) is 2.97. The van der Waals surface area contributed by atoms with E-state index in [0.717, 1.165) is 11.4 Å². The van der Waals surface area contributed by atoms with Crippen LogP contribution < -0.4 is 11.1 Å². The molecule has 0 spiro atoms. The Kier molecular flexibility index (Phi) is 3.20. The van der Waals surface area contributed by atoms with Crippen molar-refractivity contribution in [1.82, 2.24) is 0 Å². The van der Waals surface area contributed by atoms with E-state index < -0.39 is 0 Å². The van der Waals surface area contributed by atoms with Crippen LogP contribution in [0.2, 0.25) is 0 Å². The van der Waals surface area contributed by atoms with Crippen molar-refractivity contribution in [2.75, 3.05) is 11.1 Å². The second-order valence-corrected chi connectivity index (χ2v) is 4.34. The molecule has 3 N–H and O–H groups in total. The predicted octanol–water partition coefficient (Wildman–Crippen LogP) is 3.50. The highest BCUT2D eigenvalue weighted by atomic mass is 14.9. The molecule has 3 nitrogen and oxygen atoms in total. The maximum atomic E-state index is 8.93. The quantitative estimate of drug-likeness (QED) is 0.786. The number of hydrogen-bond donors (Lipinski definition) is 2. The van der Waals surface area contributed by atoms with Gasteiger partial charge in [-0.15, -0.1) is 0 Å². The summed E-state index contributed by atoms with van der Waals surface area (Å²) in [5, 5.41) is 12.2. The first-order valence-corrected chi connectivity index (χ1v) is 5.74. The van der Waals surface area contributed by atoms with Crippen LogP contribution in [-0.2, 0) is 0 Å². The lowest BCUT2D eigenvalue weighted by Crippen LogP contribution is -1.95. The number of nitrogens with one attached hydrogen (secondary N) is 1. The molecule has 0 amide bonds. The summed E-state index contributed by atoms with van der Waals surface area (Å²) in [7, 11) is 0. The van der Waals surface area contributed by atoms with Crippen LogP contribution in [-0.4, -0.2) is 0 Å². The average Bonchev–Trinajstić information content (AvgIpc) is 2.36. The van der Waals surface area contributed by atoms with E-state index in [1.165, 1.54) is 11.1 Å². The zero-order chi connectivity index (χ0) is 13.1. The molecule has 3 heteroatoms. The van der Waals surface area contributed by atoms with Crippen LogP contribution in [0.4, 0.5) is 17.1 Å². The maximum absolute atomic E-state index is 8.93. The van der Waals surface area contributed by atoms with Gasteiger partial charge in [-0.2, -0.15) is 5.26 Å². The lowest BCUT2D eigenvalue weighted by atomic mass is 10.1. The summed E-state index contributed by atoms with van der Waals surface area (Å²) in [6.07, 6.45) is 0. The summed E-state index contributed by atoms with van der Waals surface area (Å²) in [4.78, 5) is 0. The summed E-state index contributed by atoms with van der Waals surface area (Å²) < 4.78 is 0. The molecule has 0 aliphatic carbocycles. The van der Waals surface area contributed by atoms with E-state index in [4.69, 9.17) is 11.0 Å². The summed E-state index contributed by atoms with van der Waals surface area (Å²) in [6, 6.07) is 13.6. The Labute approximate surface area is 107 Å². The minimum Gasteiger partial charge on any atom is -0.398 e. The molecule has 0 saturated carbocycles. The van der Waals surface area contributed by atoms with Gasteiger partial charge in [-0.1, -0.05) is 6.07 Å². The number of nitrogen functional groups attached to an aromatic ring is 1. The highest BCUT2D eigenvalue weighted by Crippen LogP contribution is 2.22. The number of nitrogens with zero attached hydrogens (tertiary/aromatic N) is 1. The monoisotopic (exact) mass is 237 g/mol. The van der Waals surface area contributed by atoms with Gasteiger partial charge in [-0.3, -0.25) is 0 Å². The molecular weight excluding hydrogens is 222 g/mol. The lowest BCUT2D eigenvalue weighted by molar-refractivity contribution is 1.34. The van der Waals surface area contributed by atoms with Crippen LogP contribution in [0.25, 0.3) is 0 Å².